The van der Waals surface area contributed by atoms with E-state index in [9.17, 15) is 5.26 Å². The number of hydrogen-bond donors (Lipinski definition) is 1. The van der Waals surface area contributed by atoms with Crippen LogP contribution in [0, 0.1) is 17.2 Å². The lowest BCUT2D eigenvalue weighted by Gasteiger charge is -2.29. The third-order valence-electron chi connectivity index (χ3n) is 4.32. The van der Waals surface area contributed by atoms with Crippen molar-refractivity contribution >= 4 is 0 Å². The van der Waals surface area contributed by atoms with Gasteiger partial charge in [-0.05, 0) is 51.2 Å². The molecule has 2 unspecified atom stereocenters. The fourth-order valence-corrected chi connectivity index (χ4v) is 2.48. The monoisotopic (exact) mass is 281 g/mol. The zero-order valence-electron chi connectivity index (χ0n) is 14.3. The Bertz CT molecular complexity index is 272. The van der Waals surface area contributed by atoms with Gasteiger partial charge in [0.2, 0.25) is 0 Å². The van der Waals surface area contributed by atoms with E-state index in [0.29, 0.717) is 0 Å². The van der Waals surface area contributed by atoms with Crippen LogP contribution in [0.5, 0.6) is 0 Å². The summed E-state index contributed by atoms with van der Waals surface area (Å²) in [4.78, 5) is 2.52. The molecule has 3 heteroatoms. The van der Waals surface area contributed by atoms with E-state index in [4.69, 9.17) is 0 Å². The minimum atomic E-state index is -0.314. The van der Waals surface area contributed by atoms with Crippen LogP contribution >= 0.6 is 0 Å². The molecule has 0 spiro atoms. The molecule has 0 aliphatic heterocycles. The van der Waals surface area contributed by atoms with E-state index in [2.05, 4.69) is 50.9 Å². The van der Waals surface area contributed by atoms with Crippen molar-refractivity contribution in [3.63, 3.8) is 0 Å². The Balaban J connectivity index is 4.24. The molecule has 3 nitrogen and oxygen atoms in total. The van der Waals surface area contributed by atoms with Gasteiger partial charge in [-0.2, -0.15) is 5.26 Å². The summed E-state index contributed by atoms with van der Waals surface area (Å²) in [6.07, 6.45) is 5.27. The molecule has 0 radical (unpaired) electrons. The van der Waals surface area contributed by atoms with Gasteiger partial charge in [-0.25, -0.2) is 0 Å². The van der Waals surface area contributed by atoms with Crippen molar-refractivity contribution in [1.29, 1.82) is 5.26 Å². The lowest BCUT2D eigenvalue weighted by atomic mass is 9.91. The fraction of sp³-hybridized carbons (Fsp3) is 0.941. The van der Waals surface area contributed by atoms with Crippen LogP contribution in [0.3, 0.4) is 0 Å². The van der Waals surface area contributed by atoms with E-state index < -0.39 is 0 Å². The minimum Gasteiger partial charge on any atom is -0.303 e. The Hall–Kier alpha value is -0.590. The van der Waals surface area contributed by atoms with Crippen molar-refractivity contribution in [2.75, 3.05) is 26.2 Å². The van der Waals surface area contributed by atoms with Crippen molar-refractivity contribution < 1.29 is 0 Å². The van der Waals surface area contributed by atoms with Gasteiger partial charge in [-0.15, -0.1) is 0 Å². The topological polar surface area (TPSA) is 39.1 Å². The molecule has 0 aromatic rings. The molecule has 0 saturated heterocycles. The van der Waals surface area contributed by atoms with Gasteiger partial charge < -0.3 is 4.90 Å². The van der Waals surface area contributed by atoms with E-state index in [-0.39, 0.29) is 5.54 Å². The average molecular weight is 281 g/mol. The second-order valence-electron chi connectivity index (χ2n) is 5.98. The van der Waals surface area contributed by atoms with Crippen LogP contribution in [0.2, 0.25) is 0 Å². The molecule has 1 N–H and O–H groups in total. The number of nitrogens with one attached hydrogen (secondary N) is 1. The lowest BCUT2D eigenvalue weighted by molar-refractivity contribution is 0.230. The molecular formula is C17H35N3. The van der Waals surface area contributed by atoms with Gasteiger partial charge in [0.05, 0.1) is 6.07 Å². The van der Waals surface area contributed by atoms with E-state index >= 15 is 0 Å². The highest BCUT2D eigenvalue weighted by atomic mass is 15.1. The van der Waals surface area contributed by atoms with E-state index in [1.54, 1.807) is 0 Å². The maximum atomic E-state index is 9.48. The third kappa shape index (κ3) is 7.26. The largest absolute Gasteiger partial charge is 0.303 e. The predicted octanol–water partition coefficient (Wildman–Crippen LogP) is 3.81. The summed E-state index contributed by atoms with van der Waals surface area (Å²) in [5.41, 5.74) is -0.314. The summed E-state index contributed by atoms with van der Waals surface area (Å²) in [6, 6.07) is 2.51. The number of hydrogen-bond acceptors (Lipinski definition) is 3. The van der Waals surface area contributed by atoms with Crippen LogP contribution in [0.4, 0.5) is 0 Å². The first-order valence-electron chi connectivity index (χ1n) is 8.46. The van der Waals surface area contributed by atoms with E-state index in [1.807, 2.05) is 0 Å². The van der Waals surface area contributed by atoms with Crippen molar-refractivity contribution in [1.82, 2.24) is 10.2 Å². The zero-order valence-corrected chi connectivity index (χ0v) is 14.3. The molecule has 0 aliphatic rings. The smallest absolute Gasteiger partial charge is 0.106 e. The fourth-order valence-electron chi connectivity index (χ4n) is 2.48. The third-order valence-corrected chi connectivity index (χ3v) is 4.32. The molecular weight excluding hydrogens is 246 g/mol. The molecule has 0 fully saturated rings. The standard InChI is InChI=1S/C17H35N3/c1-6-12-19-17(8-3,15-18)11-10-13-20(9-4)14-16(5)7-2/h16,19H,6-14H2,1-5H3. The van der Waals surface area contributed by atoms with Crippen LogP contribution < -0.4 is 5.32 Å². The summed E-state index contributed by atoms with van der Waals surface area (Å²) in [7, 11) is 0. The molecule has 2 atom stereocenters. The van der Waals surface area contributed by atoms with Gasteiger partial charge in [0.25, 0.3) is 0 Å². The Morgan fingerprint density at radius 1 is 1.25 bits per heavy atom. The van der Waals surface area contributed by atoms with E-state index in [1.165, 1.54) is 13.0 Å². The van der Waals surface area contributed by atoms with Crippen molar-refractivity contribution in [2.24, 2.45) is 5.92 Å². The highest BCUT2D eigenvalue weighted by Gasteiger charge is 2.26. The van der Waals surface area contributed by atoms with Crippen LogP contribution in [0.25, 0.3) is 0 Å². The minimum absolute atomic E-state index is 0.314. The Kier molecular flexibility index (Phi) is 10.8. The molecule has 0 rings (SSSR count). The van der Waals surface area contributed by atoms with Crippen LogP contribution in [-0.2, 0) is 0 Å². The predicted molar refractivity (Wildman–Crippen MR) is 87.7 cm³/mol. The summed E-state index contributed by atoms with van der Waals surface area (Å²) >= 11 is 0. The first-order chi connectivity index (χ1) is 9.57. The highest BCUT2D eigenvalue weighted by Crippen LogP contribution is 2.17. The van der Waals surface area contributed by atoms with Crippen molar-refractivity contribution in [2.45, 2.75) is 72.3 Å². The normalized spacial score (nSPS) is 15.8. The van der Waals surface area contributed by atoms with Crippen molar-refractivity contribution in [3.8, 4) is 6.07 Å². The Morgan fingerprint density at radius 2 is 1.95 bits per heavy atom. The molecule has 0 aromatic heterocycles. The highest BCUT2D eigenvalue weighted by molar-refractivity contribution is 5.06. The average Bonchev–Trinajstić information content (AvgIpc) is 2.49. The van der Waals surface area contributed by atoms with Crippen molar-refractivity contribution in [3.05, 3.63) is 0 Å². The molecule has 0 aromatic carbocycles. The summed E-state index contributed by atoms with van der Waals surface area (Å²) in [5.74, 6) is 0.764. The summed E-state index contributed by atoms with van der Waals surface area (Å²) in [6.45, 7) is 15.4. The maximum Gasteiger partial charge on any atom is 0.106 e. The molecule has 118 valence electrons. The second kappa shape index (κ2) is 11.1. The number of rotatable bonds is 12. The molecule has 0 bridgehead atoms. The number of nitriles is 1. The van der Waals surface area contributed by atoms with Crippen LogP contribution in [0.15, 0.2) is 0 Å². The second-order valence-corrected chi connectivity index (χ2v) is 5.98. The molecule has 0 saturated carbocycles. The van der Waals surface area contributed by atoms with Crippen LogP contribution in [-0.4, -0.2) is 36.6 Å². The molecule has 0 aliphatic carbocycles. The molecule has 0 heterocycles. The van der Waals surface area contributed by atoms with Gasteiger partial charge in [-0.3, -0.25) is 5.32 Å². The SMILES string of the molecule is CCCNC(C#N)(CC)CCCN(CC)CC(C)CC. The van der Waals surface area contributed by atoms with Gasteiger partial charge in [0.15, 0.2) is 0 Å². The van der Waals surface area contributed by atoms with Gasteiger partial charge >= 0.3 is 0 Å². The maximum absolute atomic E-state index is 9.48. The summed E-state index contributed by atoms with van der Waals surface area (Å²) < 4.78 is 0. The zero-order chi connectivity index (χ0) is 15.4. The number of nitrogens with zero attached hydrogens (tertiary/aromatic N) is 2. The first-order valence-corrected chi connectivity index (χ1v) is 8.46. The quantitative estimate of drug-likeness (QED) is 0.591. The van der Waals surface area contributed by atoms with Gasteiger partial charge in [0.1, 0.15) is 5.54 Å². The van der Waals surface area contributed by atoms with Gasteiger partial charge in [0, 0.05) is 6.54 Å². The Morgan fingerprint density at radius 3 is 2.40 bits per heavy atom. The molecule has 0 amide bonds. The van der Waals surface area contributed by atoms with Gasteiger partial charge in [-0.1, -0.05) is 41.0 Å². The first kappa shape index (κ1) is 19.4. The van der Waals surface area contributed by atoms with E-state index in [0.717, 1.165) is 51.2 Å². The Labute approximate surface area is 126 Å². The molecule has 20 heavy (non-hydrogen) atoms. The summed E-state index contributed by atoms with van der Waals surface area (Å²) in [5, 5.41) is 12.9. The van der Waals surface area contributed by atoms with Crippen LogP contribution in [0.1, 0.15) is 66.7 Å². The lowest BCUT2D eigenvalue weighted by Crippen LogP contribution is -2.44.